The molecule has 3 nitrogen and oxygen atoms in total. The summed E-state index contributed by atoms with van der Waals surface area (Å²) in [6.45, 7) is 4.02. The highest BCUT2D eigenvalue weighted by molar-refractivity contribution is 5.94. The van der Waals surface area contributed by atoms with Crippen molar-refractivity contribution in [3.63, 3.8) is 0 Å². The number of benzene rings is 1. The van der Waals surface area contributed by atoms with Crippen LogP contribution in [0.2, 0.25) is 0 Å². The number of hydrogen-bond acceptors (Lipinski definition) is 2. The van der Waals surface area contributed by atoms with E-state index in [9.17, 15) is 4.79 Å². The molecule has 0 radical (unpaired) electrons. The maximum atomic E-state index is 11.6. The van der Waals surface area contributed by atoms with Crippen LogP contribution in [0.5, 0.6) is 0 Å². The van der Waals surface area contributed by atoms with Gasteiger partial charge < -0.3 is 11.1 Å². The summed E-state index contributed by atoms with van der Waals surface area (Å²) in [5.41, 5.74) is 7.67. The SMILES string of the molecule is CCC[C@@H](N)C(=O)Nc1ccc(C)cc1. The number of nitrogens with one attached hydrogen (secondary N) is 1. The molecule has 0 saturated carbocycles. The van der Waals surface area contributed by atoms with Gasteiger partial charge >= 0.3 is 0 Å². The Balaban J connectivity index is 2.54. The Morgan fingerprint density at radius 2 is 2.00 bits per heavy atom. The van der Waals surface area contributed by atoms with Gasteiger partial charge in [0.05, 0.1) is 6.04 Å². The zero-order valence-electron chi connectivity index (χ0n) is 9.29. The van der Waals surface area contributed by atoms with Crippen molar-refractivity contribution in [1.29, 1.82) is 0 Å². The fourth-order valence-corrected chi connectivity index (χ4v) is 1.31. The van der Waals surface area contributed by atoms with E-state index in [0.29, 0.717) is 0 Å². The average Bonchev–Trinajstić information content (AvgIpc) is 2.22. The molecule has 15 heavy (non-hydrogen) atoms. The second-order valence-corrected chi connectivity index (χ2v) is 3.75. The van der Waals surface area contributed by atoms with Crippen LogP contribution in [-0.4, -0.2) is 11.9 Å². The Morgan fingerprint density at radius 3 is 2.53 bits per heavy atom. The summed E-state index contributed by atoms with van der Waals surface area (Å²) in [5.74, 6) is -0.110. The molecular weight excluding hydrogens is 188 g/mol. The number of aryl methyl sites for hydroxylation is 1. The van der Waals surface area contributed by atoms with Gasteiger partial charge in [-0.05, 0) is 25.5 Å². The Labute approximate surface area is 90.7 Å². The third-order valence-corrected chi connectivity index (χ3v) is 2.26. The van der Waals surface area contributed by atoms with Crippen molar-refractivity contribution in [2.75, 3.05) is 5.32 Å². The summed E-state index contributed by atoms with van der Waals surface area (Å²) in [7, 11) is 0. The number of carbonyl (C=O) groups is 1. The largest absolute Gasteiger partial charge is 0.325 e. The van der Waals surface area contributed by atoms with E-state index in [1.807, 2.05) is 38.1 Å². The fourth-order valence-electron chi connectivity index (χ4n) is 1.31. The van der Waals surface area contributed by atoms with Crippen molar-refractivity contribution in [1.82, 2.24) is 0 Å². The van der Waals surface area contributed by atoms with Gasteiger partial charge in [-0.2, -0.15) is 0 Å². The molecule has 0 unspecified atom stereocenters. The number of rotatable bonds is 4. The molecule has 1 atom stereocenters. The lowest BCUT2D eigenvalue weighted by atomic mass is 10.1. The lowest BCUT2D eigenvalue weighted by molar-refractivity contribution is -0.117. The molecule has 0 saturated heterocycles. The molecule has 1 aromatic carbocycles. The molecule has 3 N–H and O–H groups in total. The Bertz CT molecular complexity index is 319. The molecule has 82 valence electrons. The average molecular weight is 206 g/mol. The van der Waals surface area contributed by atoms with Gasteiger partial charge in [0, 0.05) is 5.69 Å². The van der Waals surface area contributed by atoms with Gasteiger partial charge in [0.1, 0.15) is 0 Å². The normalized spacial score (nSPS) is 12.2. The second kappa shape index (κ2) is 5.51. The molecule has 1 aromatic rings. The number of anilines is 1. The van der Waals surface area contributed by atoms with Gasteiger partial charge in [0.25, 0.3) is 0 Å². The molecule has 1 amide bonds. The van der Waals surface area contributed by atoms with E-state index >= 15 is 0 Å². The molecule has 0 bridgehead atoms. The van der Waals surface area contributed by atoms with Crippen molar-refractivity contribution < 1.29 is 4.79 Å². The highest BCUT2D eigenvalue weighted by Crippen LogP contribution is 2.09. The monoisotopic (exact) mass is 206 g/mol. The van der Waals surface area contributed by atoms with Crippen LogP contribution >= 0.6 is 0 Å². The highest BCUT2D eigenvalue weighted by atomic mass is 16.2. The molecule has 0 aromatic heterocycles. The smallest absolute Gasteiger partial charge is 0.241 e. The molecule has 0 fully saturated rings. The number of hydrogen-bond donors (Lipinski definition) is 2. The zero-order chi connectivity index (χ0) is 11.3. The minimum atomic E-state index is -0.406. The molecule has 0 spiro atoms. The summed E-state index contributed by atoms with van der Waals surface area (Å²) < 4.78 is 0. The summed E-state index contributed by atoms with van der Waals surface area (Å²) >= 11 is 0. The van der Waals surface area contributed by atoms with Crippen LogP contribution in [0.4, 0.5) is 5.69 Å². The third-order valence-electron chi connectivity index (χ3n) is 2.26. The van der Waals surface area contributed by atoms with Gasteiger partial charge in [0.15, 0.2) is 0 Å². The van der Waals surface area contributed by atoms with E-state index in [4.69, 9.17) is 5.73 Å². The van der Waals surface area contributed by atoms with Gasteiger partial charge in [-0.3, -0.25) is 4.79 Å². The minimum absolute atomic E-state index is 0.110. The minimum Gasteiger partial charge on any atom is -0.325 e. The maximum Gasteiger partial charge on any atom is 0.241 e. The van der Waals surface area contributed by atoms with Crippen LogP contribution in [0.3, 0.4) is 0 Å². The van der Waals surface area contributed by atoms with Gasteiger partial charge in [-0.1, -0.05) is 31.0 Å². The first kappa shape index (κ1) is 11.7. The van der Waals surface area contributed by atoms with Crippen LogP contribution in [0.15, 0.2) is 24.3 Å². The lowest BCUT2D eigenvalue weighted by Gasteiger charge is -2.11. The molecule has 1 rings (SSSR count). The highest BCUT2D eigenvalue weighted by Gasteiger charge is 2.11. The van der Waals surface area contributed by atoms with Crippen LogP contribution in [0.1, 0.15) is 25.3 Å². The van der Waals surface area contributed by atoms with Crippen LogP contribution in [-0.2, 0) is 4.79 Å². The van der Waals surface area contributed by atoms with E-state index in [0.717, 1.165) is 18.5 Å². The van der Waals surface area contributed by atoms with Crippen LogP contribution < -0.4 is 11.1 Å². The van der Waals surface area contributed by atoms with Gasteiger partial charge in [0.2, 0.25) is 5.91 Å². The number of amides is 1. The lowest BCUT2D eigenvalue weighted by Crippen LogP contribution is -2.35. The Kier molecular flexibility index (Phi) is 4.31. The van der Waals surface area contributed by atoms with Crippen molar-refractivity contribution in [2.45, 2.75) is 32.7 Å². The van der Waals surface area contributed by atoms with Gasteiger partial charge in [-0.15, -0.1) is 0 Å². The van der Waals surface area contributed by atoms with Crippen molar-refractivity contribution >= 4 is 11.6 Å². The molecule has 0 heterocycles. The Morgan fingerprint density at radius 1 is 1.40 bits per heavy atom. The van der Waals surface area contributed by atoms with E-state index in [1.54, 1.807) is 0 Å². The molecule has 3 heteroatoms. The van der Waals surface area contributed by atoms with Crippen molar-refractivity contribution in [3.05, 3.63) is 29.8 Å². The van der Waals surface area contributed by atoms with Crippen LogP contribution in [0.25, 0.3) is 0 Å². The summed E-state index contributed by atoms with van der Waals surface area (Å²) in [6, 6.07) is 7.27. The molecule has 0 aliphatic rings. The molecule has 0 aliphatic carbocycles. The summed E-state index contributed by atoms with van der Waals surface area (Å²) in [5, 5.41) is 2.79. The third kappa shape index (κ3) is 3.72. The standard InChI is InChI=1S/C12H18N2O/c1-3-4-11(13)12(15)14-10-7-5-9(2)6-8-10/h5-8,11H,3-4,13H2,1-2H3,(H,14,15)/t11-/m1/s1. The van der Waals surface area contributed by atoms with Crippen molar-refractivity contribution in [2.24, 2.45) is 5.73 Å². The number of nitrogens with two attached hydrogens (primary N) is 1. The van der Waals surface area contributed by atoms with E-state index in [-0.39, 0.29) is 5.91 Å². The van der Waals surface area contributed by atoms with E-state index in [2.05, 4.69) is 5.32 Å². The first-order chi connectivity index (χ1) is 7.13. The Hall–Kier alpha value is -1.35. The van der Waals surface area contributed by atoms with Gasteiger partial charge in [-0.25, -0.2) is 0 Å². The summed E-state index contributed by atoms with van der Waals surface area (Å²) in [4.78, 5) is 11.6. The fraction of sp³-hybridized carbons (Fsp3) is 0.417. The molecule has 0 aliphatic heterocycles. The topological polar surface area (TPSA) is 55.1 Å². The summed E-state index contributed by atoms with van der Waals surface area (Å²) in [6.07, 6.45) is 1.64. The first-order valence-corrected chi connectivity index (χ1v) is 5.26. The quantitative estimate of drug-likeness (QED) is 0.792. The van der Waals surface area contributed by atoms with E-state index in [1.165, 1.54) is 5.56 Å². The van der Waals surface area contributed by atoms with Crippen molar-refractivity contribution in [3.8, 4) is 0 Å². The second-order valence-electron chi connectivity index (χ2n) is 3.75. The predicted molar refractivity (Wildman–Crippen MR) is 62.7 cm³/mol. The van der Waals surface area contributed by atoms with Crippen LogP contribution in [0, 0.1) is 6.92 Å². The van der Waals surface area contributed by atoms with E-state index < -0.39 is 6.04 Å². The maximum absolute atomic E-state index is 11.6. The number of carbonyl (C=O) groups excluding carboxylic acids is 1. The zero-order valence-corrected chi connectivity index (χ0v) is 9.29. The predicted octanol–water partition coefficient (Wildman–Crippen LogP) is 2.06. The molecular formula is C12H18N2O. The first-order valence-electron chi connectivity index (χ1n) is 5.26.